The molecule has 1 N–H and O–H groups in total. The molecule has 0 spiro atoms. The molecule has 33 heavy (non-hydrogen) atoms. The number of allylic oxidation sites excluding steroid dienone is 1. The maximum absolute atomic E-state index is 12.3. The number of nitrogens with zero attached hydrogens (tertiary/aromatic N) is 2. The van der Waals surface area contributed by atoms with Crippen LogP contribution in [0.2, 0.25) is 10.2 Å². The molecular weight excluding hydrogens is 461 g/mol. The smallest absolute Gasteiger partial charge is 0.274 e. The van der Waals surface area contributed by atoms with Gasteiger partial charge in [-0.25, -0.2) is 10.4 Å². The van der Waals surface area contributed by atoms with Crippen LogP contribution < -0.4 is 14.9 Å². The summed E-state index contributed by atoms with van der Waals surface area (Å²) in [6.07, 6.45) is 5.36. The molecule has 0 aliphatic heterocycles. The van der Waals surface area contributed by atoms with Crippen molar-refractivity contribution in [2.75, 3.05) is 6.61 Å². The fourth-order valence-corrected chi connectivity index (χ4v) is 3.43. The Morgan fingerprint density at radius 2 is 1.97 bits per heavy atom. The maximum atomic E-state index is 12.3. The second kappa shape index (κ2) is 12.0. The molecule has 0 atom stereocenters. The van der Waals surface area contributed by atoms with Gasteiger partial charge in [-0.1, -0.05) is 47.5 Å². The van der Waals surface area contributed by atoms with Gasteiger partial charge in [0.1, 0.15) is 11.8 Å². The first-order valence-electron chi connectivity index (χ1n) is 10.2. The second-order valence-corrected chi connectivity index (χ2v) is 7.62. The number of aromatic nitrogens is 1. The number of halogens is 2. The summed E-state index contributed by atoms with van der Waals surface area (Å²) in [5, 5.41) is 4.79. The maximum Gasteiger partial charge on any atom is 0.274 e. The lowest BCUT2D eigenvalue weighted by atomic mass is 10.1. The minimum Gasteiger partial charge on any atom is -0.490 e. The van der Waals surface area contributed by atoms with Crippen LogP contribution in [0.5, 0.6) is 11.5 Å². The predicted octanol–water partition coefficient (Wildman–Crippen LogP) is 5.86. The van der Waals surface area contributed by atoms with Crippen molar-refractivity contribution in [3.05, 3.63) is 99.8 Å². The van der Waals surface area contributed by atoms with Gasteiger partial charge in [-0.05, 0) is 49.2 Å². The summed E-state index contributed by atoms with van der Waals surface area (Å²) in [7, 11) is 0. The SMILES string of the molecule is C=CCc1cc(C=NNC(=O)c2cccnc2Cl)cc(OCC)c1OCc1ccccc1Cl. The molecule has 3 rings (SSSR count). The van der Waals surface area contributed by atoms with E-state index >= 15 is 0 Å². The van der Waals surface area contributed by atoms with Crippen molar-refractivity contribution >= 4 is 35.3 Å². The molecule has 0 aliphatic carbocycles. The van der Waals surface area contributed by atoms with Crippen molar-refractivity contribution in [1.82, 2.24) is 10.4 Å². The Balaban J connectivity index is 1.83. The highest BCUT2D eigenvalue weighted by atomic mass is 35.5. The van der Waals surface area contributed by atoms with Crippen LogP contribution in [0.1, 0.15) is 34.0 Å². The third-order valence-electron chi connectivity index (χ3n) is 4.53. The normalized spacial score (nSPS) is 10.8. The molecule has 2 aromatic carbocycles. The molecule has 0 bridgehead atoms. The third kappa shape index (κ3) is 6.57. The third-order valence-corrected chi connectivity index (χ3v) is 5.20. The van der Waals surface area contributed by atoms with Gasteiger partial charge < -0.3 is 9.47 Å². The van der Waals surface area contributed by atoms with Crippen LogP contribution in [0.15, 0.2) is 72.5 Å². The minimum absolute atomic E-state index is 0.108. The highest BCUT2D eigenvalue weighted by molar-refractivity contribution is 6.32. The molecule has 0 radical (unpaired) electrons. The van der Waals surface area contributed by atoms with E-state index in [0.29, 0.717) is 36.2 Å². The van der Waals surface area contributed by atoms with Crippen molar-refractivity contribution in [3.8, 4) is 11.5 Å². The van der Waals surface area contributed by atoms with Gasteiger partial charge in [0.05, 0.1) is 18.4 Å². The molecule has 6 nitrogen and oxygen atoms in total. The lowest BCUT2D eigenvalue weighted by Gasteiger charge is -2.17. The molecule has 0 fully saturated rings. The Labute approximate surface area is 202 Å². The first kappa shape index (κ1) is 24.3. The van der Waals surface area contributed by atoms with Gasteiger partial charge in [-0.2, -0.15) is 5.10 Å². The molecule has 0 aliphatic rings. The summed E-state index contributed by atoms with van der Waals surface area (Å²) < 4.78 is 11.9. The second-order valence-electron chi connectivity index (χ2n) is 6.85. The molecule has 1 amide bonds. The summed E-state index contributed by atoms with van der Waals surface area (Å²) >= 11 is 12.2. The molecule has 170 valence electrons. The van der Waals surface area contributed by atoms with Crippen molar-refractivity contribution in [1.29, 1.82) is 0 Å². The van der Waals surface area contributed by atoms with E-state index in [4.69, 9.17) is 32.7 Å². The van der Waals surface area contributed by atoms with Crippen LogP contribution in [0, 0.1) is 0 Å². The molecule has 1 heterocycles. The number of pyridine rings is 1. The van der Waals surface area contributed by atoms with E-state index in [1.807, 2.05) is 37.3 Å². The topological polar surface area (TPSA) is 72.8 Å². The summed E-state index contributed by atoms with van der Waals surface area (Å²) in [5.74, 6) is 0.715. The van der Waals surface area contributed by atoms with Crippen LogP contribution in [0.25, 0.3) is 0 Å². The minimum atomic E-state index is -0.458. The zero-order valence-corrected chi connectivity index (χ0v) is 19.6. The van der Waals surface area contributed by atoms with Crippen molar-refractivity contribution in [2.24, 2.45) is 5.10 Å². The monoisotopic (exact) mass is 483 g/mol. The van der Waals surface area contributed by atoms with E-state index in [2.05, 4.69) is 22.1 Å². The molecule has 0 saturated heterocycles. The van der Waals surface area contributed by atoms with Gasteiger partial charge in [-0.3, -0.25) is 4.79 Å². The van der Waals surface area contributed by atoms with Crippen molar-refractivity contribution in [3.63, 3.8) is 0 Å². The molecule has 3 aromatic rings. The number of nitrogens with one attached hydrogen (secondary N) is 1. The average Bonchev–Trinajstić information content (AvgIpc) is 2.80. The van der Waals surface area contributed by atoms with Gasteiger partial charge in [0, 0.05) is 22.3 Å². The van der Waals surface area contributed by atoms with Gasteiger partial charge in [-0.15, -0.1) is 6.58 Å². The summed E-state index contributed by atoms with van der Waals surface area (Å²) in [4.78, 5) is 16.2. The van der Waals surface area contributed by atoms with Crippen molar-refractivity contribution < 1.29 is 14.3 Å². The number of hydrazone groups is 1. The zero-order valence-electron chi connectivity index (χ0n) is 18.1. The first-order chi connectivity index (χ1) is 16.0. The molecule has 0 saturated carbocycles. The Morgan fingerprint density at radius 1 is 1.15 bits per heavy atom. The molecule has 8 heteroatoms. The van der Waals surface area contributed by atoms with Gasteiger partial charge in [0.15, 0.2) is 11.5 Å². The fraction of sp³-hybridized carbons (Fsp3) is 0.160. The van der Waals surface area contributed by atoms with Gasteiger partial charge in [0.25, 0.3) is 5.91 Å². The number of ether oxygens (including phenoxy) is 2. The summed E-state index contributed by atoms with van der Waals surface area (Å²) in [5.41, 5.74) is 5.15. The Kier molecular flexibility index (Phi) is 8.87. The van der Waals surface area contributed by atoms with Crippen LogP contribution >= 0.6 is 23.2 Å². The summed E-state index contributed by atoms with van der Waals surface area (Å²) in [6, 6.07) is 14.4. The molecular formula is C25H23Cl2N3O3. The lowest BCUT2D eigenvalue weighted by Crippen LogP contribution is -2.18. The number of hydrogen-bond donors (Lipinski definition) is 1. The number of amides is 1. The van der Waals surface area contributed by atoms with E-state index in [1.54, 1.807) is 24.3 Å². The number of carbonyl (C=O) groups excluding carboxylic acids is 1. The van der Waals surface area contributed by atoms with E-state index in [0.717, 1.165) is 16.7 Å². The van der Waals surface area contributed by atoms with E-state index in [-0.39, 0.29) is 10.7 Å². The van der Waals surface area contributed by atoms with Crippen molar-refractivity contribution in [2.45, 2.75) is 20.0 Å². The Bertz CT molecular complexity index is 1170. The number of carbonyl (C=O) groups is 1. The average molecular weight is 484 g/mol. The molecule has 0 unspecified atom stereocenters. The number of hydrogen-bond acceptors (Lipinski definition) is 5. The van der Waals surface area contributed by atoms with E-state index < -0.39 is 5.91 Å². The quantitative estimate of drug-likeness (QED) is 0.169. The van der Waals surface area contributed by atoms with E-state index in [9.17, 15) is 4.79 Å². The highest BCUT2D eigenvalue weighted by Gasteiger charge is 2.14. The van der Waals surface area contributed by atoms with E-state index in [1.165, 1.54) is 12.4 Å². The fourth-order valence-electron chi connectivity index (χ4n) is 3.04. The standard InChI is InChI=1S/C25H23Cl2N3O3/c1-3-8-18-13-17(15-29-30-25(31)20-10-7-12-28-24(20)27)14-22(32-4-2)23(18)33-16-19-9-5-6-11-21(19)26/h3,5-7,9-15H,1,4,8,16H2,2H3,(H,30,31). The number of benzene rings is 2. The largest absolute Gasteiger partial charge is 0.490 e. The number of rotatable bonds is 10. The van der Waals surface area contributed by atoms with Crippen LogP contribution in [0.4, 0.5) is 0 Å². The Hall–Kier alpha value is -3.35. The predicted molar refractivity (Wildman–Crippen MR) is 132 cm³/mol. The van der Waals surface area contributed by atoms with Crippen LogP contribution in [-0.2, 0) is 13.0 Å². The van der Waals surface area contributed by atoms with Crippen LogP contribution in [0.3, 0.4) is 0 Å². The van der Waals surface area contributed by atoms with Gasteiger partial charge >= 0.3 is 0 Å². The van der Waals surface area contributed by atoms with Crippen LogP contribution in [-0.4, -0.2) is 23.7 Å². The highest BCUT2D eigenvalue weighted by Crippen LogP contribution is 2.34. The molecule has 1 aromatic heterocycles. The zero-order chi connectivity index (χ0) is 23.6. The Morgan fingerprint density at radius 3 is 2.70 bits per heavy atom. The lowest BCUT2D eigenvalue weighted by molar-refractivity contribution is 0.0955. The first-order valence-corrected chi connectivity index (χ1v) is 11.0. The van der Waals surface area contributed by atoms with Gasteiger partial charge in [0.2, 0.25) is 0 Å². The summed E-state index contributed by atoms with van der Waals surface area (Å²) in [6.45, 7) is 6.47.